The van der Waals surface area contributed by atoms with E-state index in [1.54, 1.807) is 36.4 Å². The van der Waals surface area contributed by atoms with Crippen LogP contribution in [0.4, 0.5) is 15.8 Å². The van der Waals surface area contributed by atoms with Crippen LogP contribution in [0, 0.1) is 18.7 Å². The number of halogens is 1. The summed E-state index contributed by atoms with van der Waals surface area (Å²) in [7, 11) is 0. The number of ether oxygens (including phenoxy) is 1. The van der Waals surface area contributed by atoms with Crippen LogP contribution in [0.5, 0.6) is 11.5 Å². The number of nitrogens with one attached hydrogen (secondary N) is 2. The molecule has 0 unspecified atom stereocenters. The second-order valence-electron chi connectivity index (χ2n) is 8.85. The van der Waals surface area contributed by atoms with Gasteiger partial charge in [-0.25, -0.2) is 4.39 Å². The van der Waals surface area contributed by atoms with Gasteiger partial charge in [-0.15, -0.1) is 0 Å². The lowest BCUT2D eigenvalue weighted by Gasteiger charge is -2.15. The van der Waals surface area contributed by atoms with Crippen molar-refractivity contribution in [2.45, 2.75) is 19.8 Å². The van der Waals surface area contributed by atoms with Crippen LogP contribution in [-0.2, 0) is 0 Å². The lowest BCUT2D eigenvalue weighted by atomic mass is 10.2. The van der Waals surface area contributed by atoms with Gasteiger partial charge in [-0.2, -0.15) is 9.78 Å². The molecule has 0 atom stereocenters. The third-order valence-electron chi connectivity index (χ3n) is 5.91. The van der Waals surface area contributed by atoms with Gasteiger partial charge in [-0.3, -0.25) is 9.59 Å². The molecule has 36 heavy (non-hydrogen) atoms. The predicted octanol–water partition coefficient (Wildman–Crippen LogP) is 5.36. The predicted molar refractivity (Wildman–Crippen MR) is 136 cm³/mol. The van der Waals surface area contributed by atoms with E-state index in [2.05, 4.69) is 15.7 Å². The quantitative estimate of drug-likeness (QED) is 0.352. The van der Waals surface area contributed by atoms with E-state index in [0.29, 0.717) is 35.2 Å². The molecular weight excluding hydrogens is 459 g/mol. The largest absolute Gasteiger partial charge is 0.453 e. The molecule has 0 bridgehead atoms. The van der Waals surface area contributed by atoms with Crippen molar-refractivity contribution < 1.29 is 13.9 Å². The summed E-state index contributed by atoms with van der Waals surface area (Å²) in [4.78, 5) is 26.1. The molecule has 0 radical (unpaired) electrons. The van der Waals surface area contributed by atoms with E-state index in [-0.39, 0.29) is 17.3 Å². The zero-order valence-corrected chi connectivity index (χ0v) is 19.7. The Morgan fingerprint density at radius 2 is 1.83 bits per heavy atom. The van der Waals surface area contributed by atoms with Crippen molar-refractivity contribution >= 4 is 17.3 Å². The van der Waals surface area contributed by atoms with Crippen LogP contribution >= 0.6 is 0 Å². The molecule has 5 rings (SSSR count). The highest BCUT2D eigenvalue weighted by Gasteiger charge is 2.22. The Hall–Kier alpha value is -4.46. The lowest BCUT2D eigenvalue weighted by Crippen LogP contribution is -2.26. The highest BCUT2D eigenvalue weighted by Crippen LogP contribution is 2.30. The van der Waals surface area contributed by atoms with Crippen molar-refractivity contribution in [2.24, 2.45) is 5.92 Å². The number of hydrogen-bond donors (Lipinski definition) is 2. The molecule has 0 aliphatic heterocycles. The molecule has 1 saturated carbocycles. The summed E-state index contributed by atoms with van der Waals surface area (Å²) in [6.07, 6.45) is 3.72. The van der Waals surface area contributed by atoms with Gasteiger partial charge in [0.2, 0.25) is 0 Å². The number of hydrogen-bond acceptors (Lipinski definition) is 5. The van der Waals surface area contributed by atoms with Gasteiger partial charge < -0.3 is 15.4 Å². The minimum atomic E-state index is -0.491. The van der Waals surface area contributed by atoms with Crippen molar-refractivity contribution in [3.05, 3.63) is 106 Å². The fraction of sp³-hybridized carbons (Fsp3) is 0.179. The highest BCUT2D eigenvalue weighted by molar-refractivity contribution is 5.95. The Morgan fingerprint density at radius 1 is 1.08 bits per heavy atom. The van der Waals surface area contributed by atoms with Crippen LogP contribution in [0.3, 0.4) is 0 Å². The summed E-state index contributed by atoms with van der Waals surface area (Å²) >= 11 is 0. The maximum Gasteiger partial charge on any atom is 0.299 e. The molecule has 1 amide bonds. The number of benzene rings is 3. The molecule has 1 fully saturated rings. The van der Waals surface area contributed by atoms with Gasteiger partial charge in [0, 0.05) is 17.8 Å². The number of carbonyl (C=O) groups excluding carboxylic acids is 1. The molecule has 8 heteroatoms. The monoisotopic (exact) mass is 484 g/mol. The van der Waals surface area contributed by atoms with Crippen LogP contribution in [-0.4, -0.2) is 22.2 Å². The molecule has 182 valence electrons. The van der Waals surface area contributed by atoms with Gasteiger partial charge in [0.15, 0.2) is 11.4 Å². The Morgan fingerprint density at radius 3 is 2.56 bits per heavy atom. The van der Waals surface area contributed by atoms with E-state index in [0.717, 1.165) is 23.1 Å². The van der Waals surface area contributed by atoms with Gasteiger partial charge >= 0.3 is 0 Å². The summed E-state index contributed by atoms with van der Waals surface area (Å²) < 4.78 is 20.6. The smallest absolute Gasteiger partial charge is 0.299 e. The number of carbonyl (C=O) groups is 1. The number of aryl methyl sites for hydroxylation is 1. The van der Waals surface area contributed by atoms with E-state index < -0.39 is 11.4 Å². The van der Waals surface area contributed by atoms with E-state index in [1.165, 1.54) is 30.5 Å². The topological polar surface area (TPSA) is 85.2 Å². The molecule has 1 heterocycles. The number of nitrogens with zero attached hydrogens (tertiary/aromatic N) is 2. The molecular formula is C28H25FN4O3. The molecule has 1 aliphatic carbocycles. The van der Waals surface area contributed by atoms with Crippen molar-refractivity contribution in [1.82, 2.24) is 15.1 Å². The molecule has 4 aromatic rings. The zero-order valence-electron chi connectivity index (χ0n) is 19.7. The molecule has 1 aliphatic rings. The van der Waals surface area contributed by atoms with Gasteiger partial charge in [0.05, 0.1) is 11.9 Å². The summed E-state index contributed by atoms with van der Waals surface area (Å²) in [6, 6.07) is 19.8. The van der Waals surface area contributed by atoms with E-state index >= 15 is 0 Å². The minimum absolute atomic E-state index is 0.130. The van der Waals surface area contributed by atoms with Gasteiger partial charge in [0.25, 0.3) is 11.5 Å². The summed E-state index contributed by atoms with van der Waals surface area (Å²) in [6.45, 7) is 2.63. The lowest BCUT2D eigenvalue weighted by molar-refractivity contribution is 0.0952. The fourth-order valence-corrected chi connectivity index (χ4v) is 3.67. The molecule has 2 N–H and O–H groups in total. The average molecular weight is 485 g/mol. The Labute approximate surface area is 207 Å². The summed E-state index contributed by atoms with van der Waals surface area (Å²) in [5.41, 5.74) is 2.13. The maximum atomic E-state index is 13.5. The summed E-state index contributed by atoms with van der Waals surface area (Å²) in [5, 5.41) is 10.3. The second kappa shape index (κ2) is 10.0. The third-order valence-corrected chi connectivity index (χ3v) is 5.91. The van der Waals surface area contributed by atoms with E-state index in [4.69, 9.17) is 4.74 Å². The zero-order chi connectivity index (χ0) is 25.1. The Balaban J connectivity index is 1.49. The van der Waals surface area contributed by atoms with Crippen molar-refractivity contribution in [1.29, 1.82) is 0 Å². The van der Waals surface area contributed by atoms with Crippen molar-refractivity contribution in [3.63, 3.8) is 0 Å². The number of amides is 1. The fourth-order valence-electron chi connectivity index (χ4n) is 3.67. The van der Waals surface area contributed by atoms with Crippen LogP contribution in [0.2, 0.25) is 0 Å². The minimum Gasteiger partial charge on any atom is -0.453 e. The molecule has 0 saturated heterocycles. The normalized spacial score (nSPS) is 12.7. The first kappa shape index (κ1) is 23.3. The molecule has 3 aromatic carbocycles. The average Bonchev–Trinajstić information content (AvgIpc) is 3.72. The van der Waals surface area contributed by atoms with E-state index in [9.17, 15) is 14.0 Å². The molecule has 0 spiro atoms. The van der Waals surface area contributed by atoms with Crippen LogP contribution < -0.4 is 20.9 Å². The second-order valence-corrected chi connectivity index (χ2v) is 8.85. The van der Waals surface area contributed by atoms with Gasteiger partial charge in [-0.1, -0.05) is 23.8 Å². The third kappa shape index (κ3) is 5.43. The number of anilines is 2. The first-order valence-electron chi connectivity index (χ1n) is 11.7. The van der Waals surface area contributed by atoms with Gasteiger partial charge in [0.1, 0.15) is 11.6 Å². The summed E-state index contributed by atoms with van der Waals surface area (Å²) in [5.74, 6) is 0.739. The Kier molecular flexibility index (Phi) is 6.49. The number of rotatable bonds is 8. The molecule has 7 nitrogen and oxygen atoms in total. The van der Waals surface area contributed by atoms with Crippen molar-refractivity contribution in [3.8, 4) is 17.2 Å². The number of aromatic nitrogens is 2. The molecule has 1 aromatic heterocycles. The van der Waals surface area contributed by atoms with Crippen molar-refractivity contribution in [2.75, 3.05) is 11.9 Å². The first-order chi connectivity index (χ1) is 17.5. The van der Waals surface area contributed by atoms with Gasteiger partial charge in [-0.05, 0) is 80.3 Å². The first-order valence-corrected chi connectivity index (χ1v) is 11.7. The highest BCUT2D eigenvalue weighted by atomic mass is 19.1. The van der Waals surface area contributed by atoms with Crippen LogP contribution in [0.25, 0.3) is 5.69 Å². The van der Waals surface area contributed by atoms with E-state index in [1.807, 2.05) is 19.1 Å². The Bertz CT molecular complexity index is 1450. The SMILES string of the molecule is Cc1ccc(Oc2cnn(-c3ccc(F)cc3)c(=O)c2Nc2cccc(C(=O)NCC3CC3)c2)cc1. The van der Waals surface area contributed by atoms with Crippen LogP contribution in [0.15, 0.2) is 83.8 Å². The standard InChI is InChI=1S/C28H25FN4O3/c1-18-5-13-24(14-6-18)36-25-17-31-33(23-11-9-21(29)10-12-23)28(35)26(25)32-22-4-2-3-20(15-22)27(34)30-16-19-7-8-19/h2-6,9-15,17,19,32H,7-8,16H2,1H3,(H,30,34). The van der Waals surface area contributed by atoms with Crippen LogP contribution in [0.1, 0.15) is 28.8 Å². The maximum absolute atomic E-state index is 13.5.